The van der Waals surface area contributed by atoms with E-state index < -0.39 is 23.3 Å². The van der Waals surface area contributed by atoms with Gasteiger partial charge < -0.3 is 25.1 Å². The summed E-state index contributed by atoms with van der Waals surface area (Å²) in [5, 5.41) is 32.8. The van der Waals surface area contributed by atoms with E-state index in [1.807, 2.05) is 12.2 Å². The molecule has 0 aromatic heterocycles. The number of carbonyl (C=O) groups excluding carboxylic acids is 3. The largest absolute Gasteiger partial charge is 0.460 e. The van der Waals surface area contributed by atoms with Crippen molar-refractivity contribution in [1.29, 1.82) is 0 Å². The molecule has 43 heavy (non-hydrogen) atoms. The molecule has 1 aromatic rings. The monoisotopic (exact) mass is 604 g/mol. The van der Waals surface area contributed by atoms with Crippen molar-refractivity contribution in [2.24, 2.45) is 11.8 Å². The molecule has 1 saturated carbocycles. The molecule has 1 aliphatic carbocycles. The molecule has 0 spiro atoms. The molecule has 11 nitrogen and oxygen atoms in total. The van der Waals surface area contributed by atoms with Crippen molar-refractivity contribution in [3.8, 4) is 0 Å². The van der Waals surface area contributed by atoms with Gasteiger partial charge >= 0.3 is 5.97 Å². The van der Waals surface area contributed by atoms with Gasteiger partial charge in [-0.2, -0.15) is 0 Å². The van der Waals surface area contributed by atoms with E-state index in [2.05, 4.69) is 17.1 Å². The molecule has 1 fully saturated rings. The molecule has 240 valence electrons. The summed E-state index contributed by atoms with van der Waals surface area (Å²) in [6, 6.07) is 6.62. The fourth-order valence-corrected chi connectivity index (χ4v) is 5.37. The average molecular weight is 605 g/mol. The highest BCUT2D eigenvalue weighted by atomic mass is 16.9. The Bertz CT molecular complexity index is 1030. The van der Waals surface area contributed by atoms with Gasteiger partial charge in [0.1, 0.15) is 25.5 Å². The van der Waals surface area contributed by atoms with Crippen LogP contribution in [0.1, 0.15) is 102 Å². The SMILES string of the molecule is CCCCCCCC(=O)CC[C@@H]1[C@@H](CC=CCCCC(=O)NCC(=O)OCc2ccc(CO[N+](=O)[O-])cc2)[C@@H](O)C[C@H]1O. The maximum atomic E-state index is 12.3. The van der Waals surface area contributed by atoms with Crippen LogP contribution in [0.2, 0.25) is 0 Å². The van der Waals surface area contributed by atoms with E-state index in [-0.39, 0.29) is 49.7 Å². The Morgan fingerprint density at radius 3 is 2.30 bits per heavy atom. The average Bonchev–Trinajstić information content (AvgIpc) is 3.26. The number of aliphatic hydroxyl groups excluding tert-OH is 2. The Balaban J connectivity index is 1.58. The number of rotatable bonds is 22. The number of esters is 1. The molecule has 4 atom stereocenters. The highest BCUT2D eigenvalue weighted by molar-refractivity contribution is 5.81. The molecule has 0 radical (unpaired) electrons. The first kappa shape index (κ1) is 35.9. The number of ether oxygens (including phenoxy) is 1. The summed E-state index contributed by atoms with van der Waals surface area (Å²) in [7, 11) is 0. The molecular weight excluding hydrogens is 556 g/mol. The molecule has 0 saturated heterocycles. The van der Waals surface area contributed by atoms with E-state index in [9.17, 15) is 34.7 Å². The number of allylic oxidation sites excluding steroid dienone is 2. The number of aliphatic hydroxyl groups is 2. The lowest BCUT2D eigenvalue weighted by atomic mass is 9.86. The summed E-state index contributed by atoms with van der Waals surface area (Å²) in [6.07, 6.45) is 12.4. The molecule has 1 aromatic carbocycles. The van der Waals surface area contributed by atoms with Crippen molar-refractivity contribution >= 4 is 17.7 Å². The van der Waals surface area contributed by atoms with E-state index >= 15 is 0 Å². The molecule has 0 heterocycles. The molecule has 0 bridgehead atoms. The van der Waals surface area contributed by atoms with Crippen molar-refractivity contribution in [1.82, 2.24) is 5.32 Å². The molecule has 1 aliphatic rings. The summed E-state index contributed by atoms with van der Waals surface area (Å²) in [5.41, 5.74) is 1.31. The number of unbranched alkanes of at least 4 members (excludes halogenated alkanes) is 5. The van der Waals surface area contributed by atoms with Gasteiger partial charge in [-0.3, -0.25) is 14.4 Å². The zero-order valence-electron chi connectivity index (χ0n) is 25.3. The van der Waals surface area contributed by atoms with Gasteiger partial charge in [0.25, 0.3) is 5.09 Å². The van der Waals surface area contributed by atoms with Crippen molar-refractivity contribution in [3.63, 3.8) is 0 Å². The number of hydrogen-bond donors (Lipinski definition) is 3. The normalized spacial score (nSPS) is 19.8. The van der Waals surface area contributed by atoms with Gasteiger partial charge in [0.2, 0.25) is 5.91 Å². The fourth-order valence-electron chi connectivity index (χ4n) is 5.37. The predicted molar refractivity (Wildman–Crippen MR) is 160 cm³/mol. The zero-order valence-corrected chi connectivity index (χ0v) is 25.3. The van der Waals surface area contributed by atoms with Crippen molar-refractivity contribution in [2.75, 3.05) is 6.54 Å². The maximum Gasteiger partial charge on any atom is 0.325 e. The number of amides is 1. The van der Waals surface area contributed by atoms with Crippen LogP contribution in [0, 0.1) is 22.0 Å². The van der Waals surface area contributed by atoms with Gasteiger partial charge in [-0.05, 0) is 61.5 Å². The van der Waals surface area contributed by atoms with Crippen molar-refractivity contribution in [3.05, 3.63) is 57.7 Å². The van der Waals surface area contributed by atoms with Crippen LogP contribution < -0.4 is 5.32 Å². The first-order chi connectivity index (χ1) is 20.7. The molecule has 11 heteroatoms. The van der Waals surface area contributed by atoms with Gasteiger partial charge in [-0.25, -0.2) is 0 Å². The smallest absolute Gasteiger partial charge is 0.325 e. The van der Waals surface area contributed by atoms with Crippen LogP contribution >= 0.6 is 0 Å². The second-order valence-corrected chi connectivity index (χ2v) is 11.3. The topological polar surface area (TPSA) is 165 Å². The maximum absolute atomic E-state index is 12.3. The minimum absolute atomic E-state index is 0.0128. The number of Topliss-reactive ketones (excluding diaryl/α,β-unsaturated/α-hetero) is 1. The first-order valence-corrected chi connectivity index (χ1v) is 15.5. The number of carbonyl (C=O) groups is 3. The number of nitrogens with zero attached hydrogens (tertiary/aromatic N) is 1. The van der Waals surface area contributed by atoms with Gasteiger partial charge in [-0.15, -0.1) is 10.1 Å². The summed E-state index contributed by atoms with van der Waals surface area (Å²) >= 11 is 0. The Morgan fingerprint density at radius 2 is 1.60 bits per heavy atom. The Morgan fingerprint density at radius 1 is 0.930 bits per heavy atom. The Labute approximate surface area is 254 Å². The molecular formula is C32H48N2O9. The minimum atomic E-state index is -0.865. The highest BCUT2D eigenvalue weighted by Crippen LogP contribution is 2.38. The van der Waals surface area contributed by atoms with Gasteiger partial charge in [0.05, 0.1) is 12.2 Å². The summed E-state index contributed by atoms with van der Waals surface area (Å²) in [4.78, 5) is 50.9. The first-order valence-electron chi connectivity index (χ1n) is 15.5. The molecule has 0 aliphatic heterocycles. The van der Waals surface area contributed by atoms with Crippen LogP contribution in [0.25, 0.3) is 0 Å². The van der Waals surface area contributed by atoms with Gasteiger partial charge in [-0.1, -0.05) is 69.0 Å². The van der Waals surface area contributed by atoms with Crippen molar-refractivity contribution in [2.45, 2.75) is 116 Å². The third-order valence-corrected chi connectivity index (χ3v) is 7.88. The van der Waals surface area contributed by atoms with Gasteiger partial charge in [0.15, 0.2) is 0 Å². The molecule has 3 N–H and O–H groups in total. The number of nitrogens with one attached hydrogen (secondary N) is 1. The van der Waals surface area contributed by atoms with E-state index in [1.54, 1.807) is 24.3 Å². The summed E-state index contributed by atoms with van der Waals surface area (Å²) in [5.74, 6) is -0.776. The Kier molecular flexibility index (Phi) is 17.2. The fraction of sp³-hybridized carbons (Fsp3) is 0.656. The molecule has 0 unspecified atom stereocenters. The predicted octanol–water partition coefficient (Wildman–Crippen LogP) is 4.74. The molecule has 1 amide bonds. The van der Waals surface area contributed by atoms with Crippen LogP contribution in [-0.4, -0.2) is 51.7 Å². The Hall–Kier alpha value is -3.31. The van der Waals surface area contributed by atoms with Crippen LogP contribution in [0.5, 0.6) is 0 Å². The number of hydrogen-bond acceptors (Lipinski definition) is 9. The van der Waals surface area contributed by atoms with E-state index in [4.69, 9.17) is 4.74 Å². The van der Waals surface area contributed by atoms with Crippen LogP contribution in [0.15, 0.2) is 36.4 Å². The van der Waals surface area contributed by atoms with E-state index in [0.29, 0.717) is 56.1 Å². The van der Waals surface area contributed by atoms with E-state index in [1.165, 1.54) is 12.8 Å². The lowest BCUT2D eigenvalue weighted by molar-refractivity contribution is -0.763. The third kappa shape index (κ3) is 15.1. The zero-order chi connectivity index (χ0) is 31.5. The van der Waals surface area contributed by atoms with E-state index in [0.717, 1.165) is 19.3 Å². The number of benzene rings is 1. The highest BCUT2D eigenvalue weighted by Gasteiger charge is 2.40. The summed E-state index contributed by atoms with van der Waals surface area (Å²) < 4.78 is 5.15. The third-order valence-electron chi connectivity index (χ3n) is 7.88. The van der Waals surface area contributed by atoms with Gasteiger partial charge in [0, 0.05) is 19.3 Å². The van der Waals surface area contributed by atoms with Crippen LogP contribution in [-0.2, 0) is 37.2 Å². The quantitative estimate of drug-likeness (QED) is 0.0557. The summed E-state index contributed by atoms with van der Waals surface area (Å²) in [6.45, 7) is 1.77. The lowest BCUT2D eigenvalue weighted by Gasteiger charge is -2.22. The lowest BCUT2D eigenvalue weighted by Crippen LogP contribution is -2.30. The second-order valence-electron chi connectivity index (χ2n) is 11.3. The van der Waals surface area contributed by atoms with Crippen molar-refractivity contribution < 1.29 is 39.3 Å². The molecule has 2 rings (SSSR count). The standard InChI is InChI=1S/C32H48N2O9/c1-2-3-4-5-8-11-26(35)18-19-28-27(29(36)20-30(28)37)12-9-6-7-10-13-31(38)33-21-32(39)42-22-24-14-16-25(17-15-24)23-43-34(40)41/h6,9,14-17,27-30,36-37H,2-5,7-8,10-13,18-23H2,1H3,(H,33,38)/t27-,28-,29+,30-/m1/s1. The van der Waals surface area contributed by atoms with Crippen LogP contribution in [0.4, 0.5) is 0 Å². The minimum Gasteiger partial charge on any atom is -0.460 e. The second kappa shape index (κ2) is 20.6. The number of ketones is 1. The van der Waals surface area contributed by atoms with Crippen LogP contribution in [0.3, 0.4) is 0 Å².